The Balaban J connectivity index is 3.12. The largest absolute Gasteiger partial charge is 0.496 e. The van der Waals surface area contributed by atoms with E-state index in [0.717, 1.165) is 15.6 Å². The van der Waals surface area contributed by atoms with Crippen LogP contribution in [0.4, 0.5) is 0 Å². The number of carbonyl (C=O) groups is 1. The molecule has 0 saturated carbocycles. The maximum Gasteiger partial charge on any atom is 0.330 e. The summed E-state index contributed by atoms with van der Waals surface area (Å²) in [5, 5.41) is 0. The van der Waals surface area contributed by atoms with Crippen LogP contribution in [0.3, 0.4) is 0 Å². The van der Waals surface area contributed by atoms with Crippen molar-refractivity contribution in [1.29, 1.82) is 0 Å². The highest BCUT2D eigenvalue weighted by Gasteiger charge is 2.06. The molecule has 0 bridgehead atoms. The van der Waals surface area contributed by atoms with Gasteiger partial charge >= 0.3 is 5.97 Å². The molecule has 0 aliphatic rings. The van der Waals surface area contributed by atoms with E-state index >= 15 is 0 Å². The van der Waals surface area contributed by atoms with Crippen LogP contribution >= 0.6 is 15.9 Å². The van der Waals surface area contributed by atoms with Crippen molar-refractivity contribution in [3.8, 4) is 5.75 Å². The predicted octanol–water partition coefficient (Wildman–Crippen LogP) is 2.95. The highest BCUT2D eigenvalue weighted by molar-refractivity contribution is 9.10. The first kappa shape index (κ1) is 12.8. The molecule has 0 radical (unpaired) electrons. The Hall–Kier alpha value is -1.29. The Bertz CT molecular complexity index is 425. The van der Waals surface area contributed by atoms with Crippen molar-refractivity contribution in [3.05, 3.63) is 33.8 Å². The average molecular weight is 285 g/mol. The molecule has 0 aromatic heterocycles. The molecule has 0 amide bonds. The van der Waals surface area contributed by atoms with Crippen LogP contribution in [0, 0.1) is 6.92 Å². The van der Waals surface area contributed by atoms with E-state index in [2.05, 4.69) is 20.7 Å². The van der Waals surface area contributed by atoms with E-state index in [0.29, 0.717) is 5.75 Å². The number of halogens is 1. The number of ether oxygens (including phenoxy) is 2. The smallest absolute Gasteiger partial charge is 0.330 e. The lowest BCUT2D eigenvalue weighted by Crippen LogP contribution is -1.95. The number of benzene rings is 1. The topological polar surface area (TPSA) is 35.5 Å². The van der Waals surface area contributed by atoms with E-state index < -0.39 is 5.97 Å². The minimum atomic E-state index is -0.394. The van der Waals surface area contributed by atoms with Crippen LogP contribution in [0.5, 0.6) is 5.75 Å². The first-order valence-corrected chi connectivity index (χ1v) is 5.48. The fourth-order valence-corrected chi connectivity index (χ4v) is 1.96. The number of hydrogen-bond donors (Lipinski definition) is 0. The van der Waals surface area contributed by atoms with Crippen LogP contribution in [0.2, 0.25) is 0 Å². The second-order valence-corrected chi connectivity index (χ2v) is 4.07. The van der Waals surface area contributed by atoms with Crippen molar-refractivity contribution in [2.24, 2.45) is 0 Å². The lowest BCUT2D eigenvalue weighted by molar-refractivity contribution is -0.134. The number of aryl methyl sites for hydroxylation is 1. The molecular weight excluding hydrogens is 272 g/mol. The minimum absolute atomic E-state index is 0.394. The second-order valence-electron chi connectivity index (χ2n) is 3.22. The first-order chi connectivity index (χ1) is 7.58. The molecule has 16 heavy (non-hydrogen) atoms. The third-order valence-corrected chi connectivity index (χ3v) is 2.70. The van der Waals surface area contributed by atoms with Gasteiger partial charge in [0, 0.05) is 16.1 Å². The summed E-state index contributed by atoms with van der Waals surface area (Å²) in [7, 11) is 2.94. The molecule has 0 atom stereocenters. The SMILES string of the molecule is COC(=O)C=Cc1c(Br)cc(C)cc1OC. The maximum atomic E-state index is 11.0. The molecule has 0 heterocycles. The number of hydrogen-bond acceptors (Lipinski definition) is 3. The average Bonchev–Trinajstić information content (AvgIpc) is 2.26. The van der Waals surface area contributed by atoms with Crippen LogP contribution in [-0.2, 0) is 9.53 Å². The Morgan fingerprint density at radius 1 is 1.38 bits per heavy atom. The molecule has 1 aromatic rings. The van der Waals surface area contributed by atoms with Crippen molar-refractivity contribution in [2.75, 3.05) is 14.2 Å². The molecule has 1 rings (SSSR count). The van der Waals surface area contributed by atoms with E-state index in [1.165, 1.54) is 13.2 Å². The molecule has 0 fully saturated rings. The van der Waals surface area contributed by atoms with Crippen LogP contribution in [-0.4, -0.2) is 20.2 Å². The van der Waals surface area contributed by atoms with Gasteiger partial charge in [0.05, 0.1) is 14.2 Å². The van der Waals surface area contributed by atoms with Crippen molar-refractivity contribution >= 4 is 28.0 Å². The number of methoxy groups -OCH3 is 2. The molecule has 0 aliphatic carbocycles. The van der Waals surface area contributed by atoms with Gasteiger partial charge in [0.2, 0.25) is 0 Å². The second kappa shape index (κ2) is 5.70. The molecule has 0 aliphatic heterocycles. The van der Waals surface area contributed by atoms with E-state index in [4.69, 9.17) is 4.74 Å². The highest BCUT2D eigenvalue weighted by atomic mass is 79.9. The van der Waals surface area contributed by atoms with E-state index in [9.17, 15) is 4.79 Å². The molecule has 1 aromatic carbocycles. The fourth-order valence-electron chi connectivity index (χ4n) is 1.27. The summed E-state index contributed by atoms with van der Waals surface area (Å²) < 4.78 is 10.6. The zero-order valence-electron chi connectivity index (χ0n) is 9.41. The third kappa shape index (κ3) is 3.10. The Morgan fingerprint density at radius 3 is 2.62 bits per heavy atom. The van der Waals surface area contributed by atoms with Gasteiger partial charge in [0.15, 0.2) is 0 Å². The maximum absolute atomic E-state index is 11.0. The fraction of sp³-hybridized carbons (Fsp3) is 0.250. The lowest BCUT2D eigenvalue weighted by atomic mass is 10.1. The lowest BCUT2D eigenvalue weighted by Gasteiger charge is -2.08. The highest BCUT2D eigenvalue weighted by Crippen LogP contribution is 2.29. The summed E-state index contributed by atoms with van der Waals surface area (Å²) in [6.45, 7) is 1.97. The summed E-state index contributed by atoms with van der Waals surface area (Å²) in [5.74, 6) is 0.321. The van der Waals surface area contributed by atoms with Crippen molar-refractivity contribution in [1.82, 2.24) is 0 Å². The van der Waals surface area contributed by atoms with Gasteiger partial charge in [-0.25, -0.2) is 4.79 Å². The van der Waals surface area contributed by atoms with Gasteiger partial charge in [-0.15, -0.1) is 0 Å². The van der Waals surface area contributed by atoms with Crippen molar-refractivity contribution < 1.29 is 14.3 Å². The van der Waals surface area contributed by atoms with Gasteiger partial charge in [-0.3, -0.25) is 0 Å². The zero-order valence-corrected chi connectivity index (χ0v) is 11.0. The predicted molar refractivity (Wildman–Crippen MR) is 66.5 cm³/mol. The van der Waals surface area contributed by atoms with Gasteiger partial charge < -0.3 is 9.47 Å². The van der Waals surface area contributed by atoms with Crippen LogP contribution in [0.15, 0.2) is 22.7 Å². The summed E-state index contributed by atoms with van der Waals surface area (Å²) in [6, 6.07) is 3.86. The molecule has 0 unspecified atom stereocenters. The Morgan fingerprint density at radius 2 is 2.06 bits per heavy atom. The number of carbonyl (C=O) groups excluding carboxylic acids is 1. The summed E-state index contributed by atoms with van der Waals surface area (Å²) in [5.41, 5.74) is 1.90. The Labute approximate surface area is 103 Å². The van der Waals surface area contributed by atoms with Crippen LogP contribution < -0.4 is 4.74 Å². The van der Waals surface area contributed by atoms with Crippen LogP contribution in [0.1, 0.15) is 11.1 Å². The Kier molecular flexibility index (Phi) is 4.55. The molecular formula is C12H13BrO3. The molecule has 0 saturated heterocycles. The standard InChI is InChI=1S/C12H13BrO3/c1-8-6-10(13)9(11(7-8)15-2)4-5-12(14)16-3/h4-7H,1-3H3. The first-order valence-electron chi connectivity index (χ1n) is 4.68. The van der Waals surface area contributed by atoms with E-state index in [1.807, 2.05) is 19.1 Å². The summed E-state index contributed by atoms with van der Waals surface area (Å²) in [4.78, 5) is 11.0. The van der Waals surface area contributed by atoms with Gasteiger partial charge in [0.25, 0.3) is 0 Å². The minimum Gasteiger partial charge on any atom is -0.496 e. The normalized spacial score (nSPS) is 10.5. The quantitative estimate of drug-likeness (QED) is 0.632. The monoisotopic (exact) mass is 284 g/mol. The molecule has 3 nitrogen and oxygen atoms in total. The van der Waals surface area contributed by atoms with Gasteiger partial charge in [-0.2, -0.15) is 0 Å². The molecule has 86 valence electrons. The van der Waals surface area contributed by atoms with Gasteiger partial charge in [-0.05, 0) is 30.7 Å². The van der Waals surface area contributed by atoms with Crippen molar-refractivity contribution in [3.63, 3.8) is 0 Å². The van der Waals surface area contributed by atoms with Crippen molar-refractivity contribution in [2.45, 2.75) is 6.92 Å². The van der Waals surface area contributed by atoms with Crippen LogP contribution in [0.25, 0.3) is 6.08 Å². The number of rotatable bonds is 3. The number of esters is 1. The third-order valence-electron chi connectivity index (χ3n) is 2.04. The summed E-state index contributed by atoms with van der Waals surface area (Å²) in [6.07, 6.45) is 3.02. The van der Waals surface area contributed by atoms with E-state index in [1.54, 1.807) is 13.2 Å². The molecule has 4 heteroatoms. The van der Waals surface area contributed by atoms with Gasteiger partial charge in [-0.1, -0.05) is 15.9 Å². The van der Waals surface area contributed by atoms with E-state index in [-0.39, 0.29) is 0 Å². The zero-order chi connectivity index (χ0) is 12.1. The molecule has 0 N–H and O–H groups in total. The molecule has 0 spiro atoms. The summed E-state index contributed by atoms with van der Waals surface area (Å²) >= 11 is 3.43. The van der Waals surface area contributed by atoms with Gasteiger partial charge in [0.1, 0.15) is 5.75 Å².